The minimum absolute atomic E-state index is 0.0277. The Morgan fingerprint density at radius 2 is 1.67 bits per heavy atom. The Labute approximate surface area is 205 Å². The normalized spacial score (nSPS) is 12.5. The van der Waals surface area contributed by atoms with Crippen LogP contribution in [-0.2, 0) is 14.3 Å². The lowest BCUT2D eigenvalue weighted by atomic mass is 9.95. The summed E-state index contributed by atoms with van der Waals surface area (Å²) >= 11 is 0. The Hall–Kier alpha value is -4.21. The van der Waals surface area contributed by atoms with Crippen molar-refractivity contribution in [2.24, 2.45) is 0 Å². The van der Waals surface area contributed by atoms with Crippen LogP contribution in [0.25, 0.3) is 11.8 Å². The minimum Gasteiger partial charge on any atom is -0.494 e. The smallest absolute Gasteiger partial charge is 0.422 e. The van der Waals surface area contributed by atoms with E-state index < -0.39 is 42.4 Å². The van der Waals surface area contributed by atoms with Crippen LogP contribution in [0.3, 0.4) is 0 Å². The van der Waals surface area contributed by atoms with Gasteiger partial charge in [0.1, 0.15) is 5.75 Å². The van der Waals surface area contributed by atoms with E-state index in [4.69, 9.17) is 4.74 Å². The van der Waals surface area contributed by atoms with Crippen LogP contribution in [0, 0.1) is 6.92 Å². The molecule has 0 aliphatic heterocycles. The second-order valence-electron chi connectivity index (χ2n) is 7.86. The third-order valence-corrected chi connectivity index (χ3v) is 5.35. The van der Waals surface area contributed by atoms with E-state index >= 15 is 0 Å². The second kappa shape index (κ2) is 11.0. The average Bonchev–Trinajstić information content (AvgIpc) is 3.06. The Balaban J connectivity index is 1.79. The van der Waals surface area contributed by atoms with Crippen LogP contribution in [-0.4, -0.2) is 39.5 Å². The zero-order valence-electron chi connectivity index (χ0n) is 19.5. The molecule has 0 aliphatic carbocycles. The fourth-order valence-corrected chi connectivity index (χ4v) is 3.62. The maximum atomic E-state index is 12.5. The lowest BCUT2D eigenvalue weighted by molar-refractivity contribution is -0.187. The number of aromatic hydroxyl groups is 2. The molecule has 2 N–H and O–H groups in total. The summed E-state index contributed by atoms with van der Waals surface area (Å²) in [4.78, 5) is 24.4. The first kappa shape index (κ1) is 26.4. The number of ether oxygens (including phenoxy) is 2. The molecule has 10 heteroatoms. The van der Waals surface area contributed by atoms with E-state index in [2.05, 4.69) is 4.74 Å². The van der Waals surface area contributed by atoms with E-state index in [1.807, 2.05) is 30.3 Å². The summed E-state index contributed by atoms with van der Waals surface area (Å²) in [7, 11) is 0. The molecule has 0 amide bonds. The van der Waals surface area contributed by atoms with Gasteiger partial charge >= 0.3 is 18.1 Å². The number of aromatic nitrogens is 1. The summed E-state index contributed by atoms with van der Waals surface area (Å²) in [6, 6.07) is 14.9. The van der Waals surface area contributed by atoms with Gasteiger partial charge in [0, 0.05) is 17.2 Å². The number of carbonyl (C=O) groups is 2. The maximum Gasteiger partial charge on any atom is 0.422 e. The Kier molecular flexibility index (Phi) is 8.08. The van der Waals surface area contributed by atoms with Crippen molar-refractivity contribution in [3.63, 3.8) is 0 Å². The second-order valence-corrected chi connectivity index (χ2v) is 7.86. The third-order valence-electron chi connectivity index (χ3n) is 5.35. The van der Waals surface area contributed by atoms with E-state index in [1.165, 1.54) is 37.3 Å². The van der Waals surface area contributed by atoms with Gasteiger partial charge in [-0.15, -0.1) is 0 Å². The SMILES string of the molecule is CCC(C(=O)OCC(F)(F)F)c1c(C)c(O)n(-c2ccc(OC(=O)C=Cc3ccccc3)cc2)c1O. The summed E-state index contributed by atoms with van der Waals surface area (Å²) in [6.07, 6.45) is -1.80. The third kappa shape index (κ3) is 6.26. The van der Waals surface area contributed by atoms with Crippen molar-refractivity contribution in [3.8, 4) is 23.2 Å². The molecule has 0 radical (unpaired) electrons. The summed E-state index contributed by atoms with van der Waals surface area (Å²) in [5.41, 5.74) is 1.16. The van der Waals surface area contributed by atoms with E-state index in [0.717, 1.165) is 10.1 Å². The van der Waals surface area contributed by atoms with Gasteiger partial charge in [0.05, 0.1) is 11.6 Å². The van der Waals surface area contributed by atoms with Gasteiger partial charge in [0.15, 0.2) is 6.61 Å². The fourth-order valence-electron chi connectivity index (χ4n) is 3.62. The molecule has 2 aromatic carbocycles. The summed E-state index contributed by atoms with van der Waals surface area (Å²) in [5, 5.41) is 21.4. The van der Waals surface area contributed by atoms with Crippen LogP contribution in [0.1, 0.15) is 36.0 Å². The Bertz CT molecular complexity index is 1250. The van der Waals surface area contributed by atoms with Crippen LogP contribution in [0.5, 0.6) is 17.5 Å². The molecular formula is C26H24F3NO6. The first-order valence-corrected chi connectivity index (χ1v) is 10.9. The molecule has 0 aliphatic rings. The van der Waals surface area contributed by atoms with Gasteiger partial charge in [-0.2, -0.15) is 13.2 Å². The molecular weight excluding hydrogens is 479 g/mol. The largest absolute Gasteiger partial charge is 0.494 e. The van der Waals surface area contributed by atoms with Crippen LogP contribution in [0.2, 0.25) is 0 Å². The number of rotatable bonds is 8. The Morgan fingerprint density at radius 1 is 1.03 bits per heavy atom. The van der Waals surface area contributed by atoms with E-state index in [-0.39, 0.29) is 29.0 Å². The zero-order valence-corrected chi connectivity index (χ0v) is 19.5. The molecule has 0 bridgehead atoms. The highest BCUT2D eigenvalue weighted by Gasteiger charge is 2.35. The summed E-state index contributed by atoms with van der Waals surface area (Å²) in [5.74, 6) is -3.73. The molecule has 1 aromatic heterocycles. The van der Waals surface area contributed by atoms with Crippen molar-refractivity contribution in [3.05, 3.63) is 77.4 Å². The van der Waals surface area contributed by atoms with Crippen molar-refractivity contribution in [1.82, 2.24) is 4.57 Å². The fraction of sp³-hybridized carbons (Fsp3) is 0.231. The molecule has 190 valence electrons. The van der Waals surface area contributed by atoms with Crippen molar-refractivity contribution in [2.75, 3.05) is 6.61 Å². The molecule has 1 atom stereocenters. The minimum atomic E-state index is -4.69. The number of esters is 2. The number of hydrogen-bond acceptors (Lipinski definition) is 6. The van der Waals surface area contributed by atoms with Gasteiger partial charge in [0.25, 0.3) is 0 Å². The number of halogens is 3. The molecule has 1 heterocycles. The molecule has 36 heavy (non-hydrogen) atoms. The standard InChI is InChI=1S/C26H24F3NO6/c1-3-20(25(34)35-15-26(27,28)29)22-16(2)23(32)30(24(22)33)18-10-12-19(13-11-18)36-21(31)14-9-17-7-5-4-6-8-17/h4-14,20,32-33H,3,15H2,1-2H3. The molecule has 0 saturated heterocycles. The first-order chi connectivity index (χ1) is 17.0. The van der Waals surface area contributed by atoms with Crippen molar-refractivity contribution in [2.45, 2.75) is 32.4 Å². The lowest BCUT2D eigenvalue weighted by Crippen LogP contribution is -2.24. The monoisotopic (exact) mass is 503 g/mol. The molecule has 0 saturated carbocycles. The van der Waals surface area contributed by atoms with Gasteiger partial charge in [-0.3, -0.25) is 9.36 Å². The highest BCUT2D eigenvalue weighted by Crippen LogP contribution is 2.42. The first-order valence-electron chi connectivity index (χ1n) is 10.9. The van der Waals surface area contributed by atoms with Gasteiger partial charge in [-0.05, 0) is 49.2 Å². The number of benzene rings is 2. The van der Waals surface area contributed by atoms with E-state index in [0.29, 0.717) is 0 Å². The predicted octanol–water partition coefficient (Wildman–Crippen LogP) is 5.41. The van der Waals surface area contributed by atoms with Gasteiger partial charge in [-0.25, -0.2) is 4.79 Å². The highest BCUT2D eigenvalue weighted by molar-refractivity contribution is 5.88. The summed E-state index contributed by atoms with van der Waals surface area (Å²) < 4.78 is 48.0. The van der Waals surface area contributed by atoms with Crippen LogP contribution in [0.15, 0.2) is 60.7 Å². The molecule has 1 unspecified atom stereocenters. The van der Waals surface area contributed by atoms with Crippen molar-refractivity contribution < 1.29 is 42.4 Å². The molecule has 0 spiro atoms. The average molecular weight is 503 g/mol. The number of carbonyl (C=O) groups excluding carboxylic acids is 2. The summed E-state index contributed by atoms with van der Waals surface area (Å²) in [6.45, 7) is 1.22. The molecule has 0 fully saturated rings. The lowest BCUT2D eigenvalue weighted by Gasteiger charge is -2.16. The van der Waals surface area contributed by atoms with Gasteiger partial charge in [0.2, 0.25) is 11.8 Å². The predicted molar refractivity (Wildman–Crippen MR) is 125 cm³/mol. The number of hydrogen-bond donors (Lipinski definition) is 2. The topological polar surface area (TPSA) is 98.0 Å². The molecule has 7 nitrogen and oxygen atoms in total. The van der Waals surface area contributed by atoms with Crippen LogP contribution >= 0.6 is 0 Å². The van der Waals surface area contributed by atoms with E-state index in [1.54, 1.807) is 13.0 Å². The molecule has 3 aromatic rings. The van der Waals surface area contributed by atoms with Crippen molar-refractivity contribution >= 4 is 18.0 Å². The highest BCUT2D eigenvalue weighted by atomic mass is 19.4. The maximum absolute atomic E-state index is 12.5. The van der Waals surface area contributed by atoms with Crippen LogP contribution < -0.4 is 4.74 Å². The Morgan fingerprint density at radius 3 is 2.25 bits per heavy atom. The van der Waals surface area contributed by atoms with E-state index in [9.17, 15) is 33.0 Å². The van der Waals surface area contributed by atoms with Gasteiger partial charge in [-0.1, -0.05) is 37.3 Å². The number of nitrogens with zero attached hydrogens (tertiary/aromatic N) is 1. The molecule has 3 rings (SSSR count). The van der Waals surface area contributed by atoms with Crippen LogP contribution in [0.4, 0.5) is 13.2 Å². The van der Waals surface area contributed by atoms with Crippen molar-refractivity contribution in [1.29, 1.82) is 0 Å². The zero-order chi connectivity index (χ0) is 26.5. The quantitative estimate of drug-likeness (QED) is 0.242. The number of alkyl halides is 3. The van der Waals surface area contributed by atoms with Gasteiger partial charge < -0.3 is 19.7 Å².